The van der Waals surface area contributed by atoms with Crippen LogP contribution in [0.3, 0.4) is 0 Å². The van der Waals surface area contributed by atoms with E-state index in [9.17, 15) is 9.59 Å². The minimum absolute atomic E-state index is 0.0844. The van der Waals surface area contributed by atoms with Crippen LogP contribution < -0.4 is 10.6 Å². The second-order valence-corrected chi connectivity index (χ2v) is 10.1. The first-order valence-electron chi connectivity index (χ1n) is 11.9. The number of carbonyl (C=O) groups excluding carboxylic acids is 2. The first-order valence-corrected chi connectivity index (χ1v) is 11.9. The van der Waals surface area contributed by atoms with E-state index in [1.54, 1.807) is 18.5 Å². The molecule has 3 amide bonds. The molecule has 9 nitrogen and oxygen atoms in total. The lowest BCUT2D eigenvalue weighted by molar-refractivity contribution is 0.187. The number of anilines is 2. The van der Waals surface area contributed by atoms with Crippen molar-refractivity contribution < 1.29 is 14.3 Å². The summed E-state index contributed by atoms with van der Waals surface area (Å²) in [5, 5.41) is 14.1. The number of benzene rings is 1. The third kappa shape index (κ3) is 5.79. The van der Waals surface area contributed by atoms with Crippen LogP contribution in [0, 0.1) is 18.3 Å². The summed E-state index contributed by atoms with van der Waals surface area (Å²) in [5.41, 5.74) is 5.08. The Balaban J connectivity index is 1.54. The van der Waals surface area contributed by atoms with Gasteiger partial charge in [0.05, 0.1) is 19.0 Å². The molecule has 3 heterocycles. The van der Waals surface area contributed by atoms with Crippen molar-refractivity contribution >= 4 is 23.6 Å². The van der Waals surface area contributed by atoms with Crippen molar-refractivity contribution in [1.82, 2.24) is 20.1 Å². The number of aromatic nitrogens is 3. The zero-order valence-corrected chi connectivity index (χ0v) is 21.3. The van der Waals surface area contributed by atoms with Gasteiger partial charge in [0.25, 0.3) is 0 Å². The molecule has 36 heavy (non-hydrogen) atoms. The maximum absolute atomic E-state index is 12.9. The normalized spacial score (nSPS) is 15.5. The van der Waals surface area contributed by atoms with Gasteiger partial charge in [-0.1, -0.05) is 26.8 Å². The van der Waals surface area contributed by atoms with Gasteiger partial charge in [0.15, 0.2) is 0 Å². The highest BCUT2D eigenvalue weighted by molar-refractivity contribution is 5.90. The monoisotopic (exact) mass is 488 g/mol. The average Bonchev–Trinajstić information content (AvgIpc) is 3.37. The summed E-state index contributed by atoms with van der Waals surface area (Å²) in [6.07, 6.45) is 3.68. The molecule has 0 saturated carbocycles. The number of carbonyl (C=O) groups is 2. The van der Waals surface area contributed by atoms with Gasteiger partial charge < -0.3 is 15.0 Å². The van der Waals surface area contributed by atoms with Gasteiger partial charge >= 0.3 is 12.1 Å². The number of amides is 3. The van der Waals surface area contributed by atoms with Crippen molar-refractivity contribution in [2.24, 2.45) is 11.3 Å². The largest absolute Gasteiger partial charge is 0.453 e. The van der Waals surface area contributed by atoms with Crippen molar-refractivity contribution in [2.45, 2.75) is 34.1 Å². The molecule has 1 atom stereocenters. The molecule has 0 aliphatic carbocycles. The maximum atomic E-state index is 12.9. The second kappa shape index (κ2) is 10.3. The molecule has 2 N–H and O–H groups in total. The number of rotatable bonds is 4. The molecule has 4 rings (SSSR count). The Hall–Kier alpha value is -4.01. The highest BCUT2D eigenvalue weighted by Crippen LogP contribution is 2.34. The van der Waals surface area contributed by atoms with Gasteiger partial charge in [0.2, 0.25) is 0 Å². The fraction of sp³-hybridized carbons (Fsp3) is 0.370. The Morgan fingerprint density at radius 3 is 2.61 bits per heavy atom. The maximum Gasteiger partial charge on any atom is 0.412 e. The van der Waals surface area contributed by atoms with E-state index in [1.807, 2.05) is 42.2 Å². The Kier molecular flexibility index (Phi) is 7.19. The summed E-state index contributed by atoms with van der Waals surface area (Å²) in [6.45, 7) is 10.2. The summed E-state index contributed by atoms with van der Waals surface area (Å²) in [4.78, 5) is 30.5. The molecule has 1 saturated heterocycles. The quantitative estimate of drug-likeness (QED) is 0.495. The predicted octanol–water partition coefficient (Wildman–Crippen LogP) is 5.59. The first kappa shape index (κ1) is 25.1. The van der Waals surface area contributed by atoms with E-state index in [4.69, 9.17) is 0 Å². The van der Waals surface area contributed by atoms with Crippen LogP contribution in [0.2, 0.25) is 0 Å². The van der Waals surface area contributed by atoms with Crippen LogP contribution in [0.5, 0.6) is 0 Å². The van der Waals surface area contributed by atoms with Crippen molar-refractivity contribution in [3.8, 4) is 22.4 Å². The molecule has 0 radical (unpaired) electrons. The van der Waals surface area contributed by atoms with Crippen LogP contribution in [0.4, 0.5) is 21.1 Å². The van der Waals surface area contributed by atoms with E-state index in [2.05, 4.69) is 51.3 Å². The Bertz CT molecular complexity index is 1270. The van der Waals surface area contributed by atoms with E-state index in [0.717, 1.165) is 41.8 Å². The van der Waals surface area contributed by atoms with Crippen molar-refractivity contribution in [3.63, 3.8) is 0 Å². The van der Waals surface area contributed by atoms with Crippen molar-refractivity contribution in [3.05, 3.63) is 54.4 Å². The number of hydrogen-bond acceptors (Lipinski definition) is 6. The summed E-state index contributed by atoms with van der Waals surface area (Å²) < 4.78 is 4.64. The van der Waals surface area contributed by atoms with Crippen LogP contribution in [0.25, 0.3) is 22.4 Å². The number of pyridine rings is 1. The predicted molar refractivity (Wildman–Crippen MR) is 140 cm³/mol. The zero-order chi connectivity index (χ0) is 25.9. The van der Waals surface area contributed by atoms with Gasteiger partial charge in [0, 0.05) is 36.1 Å². The highest BCUT2D eigenvalue weighted by atomic mass is 16.5. The Labute approximate surface area is 211 Å². The van der Waals surface area contributed by atoms with Crippen LogP contribution in [0.1, 0.15) is 32.8 Å². The number of likely N-dealkylation sites (tertiary alicyclic amines) is 1. The fourth-order valence-corrected chi connectivity index (χ4v) is 4.32. The third-order valence-electron chi connectivity index (χ3n) is 6.63. The first-order chi connectivity index (χ1) is 17.1. The third-order valence-corrected chi connectivity index (χ3v) is 6.63. The van der Waals surface area contributed by atoms with E-state index < -0.39 is 6.09 Å². The van der Waals surface area contributed by atoms with Crippen LogP contribution in [-0.2, 0) is 4.74 Å². The second-order valence-electron chi connectivity index (χ2n) is 10.1. The average molecular weight is 489 g/mol. The molecule has 1 aliphatic heterocycles. The molecule has 1 aromatic carbocycles. The van der Waals surface area contributed by atoms with Gasteiger partial charge in [-0.15, -0.1) is 0 Å². The van der Waals surface area contributed by atoms with E-state index >= 15 is 0 Å². The number of urea groups is 1. The molecule has 9 heteroatoms. The Morgan fingerprint density at radius 1 is 1.08 bits per heavy atom. The van der Waals surface area contributed by atoms with Crippen LogP contribution in [0.15, 0.2) is 48.8 Å². The molecule has 0 spiro atoms. The lowest BCUT2D eigenvalue weighted by atomic mass is 9.80. The molecule has 1 aliphatic rings. The standard InChI is InChI=1S/C27H32N6O3/c1-17-6-7-21(30-25(34)33-11-9-20(16-33)27(2,3)4)14-22(17)23-12-19(15-29-32-23)18-8-10-28-24(13-18)31-26(35)36-5/h6-8,10,12-15,20H,9,11,16H2,1-5H3,(H,30,34)(H,28,31,35). The molecule has 3 aromatic rings. The summed E-state index contributed by atoms with van der Waals surface area (Å²) in [5.74, 6) is 0.862. The van der Waals surface area contributed by atoms with Gasteiger partial charge in [-0.25, -0.2) is 14.6 Å². The molecule has 188 valence electrons. The number of nitrogens with zero attached hydrogens (tertiary/aromatic N) is 4. The molecule has 1 fully saturated rings. The number of methoxy groups -OCH3 is 1. The summed E-state index contributed by atoms with van der Waals surface area (Å²) >= 11 is 0. The van der Waals surface area contributed by atoms with Gasteiger partial charge in [-0.3, -0.25) is 5.32 Å². The van der Waals surface area contributed by atoms with Gasteiger partial charge in [-0.05, 0) is 66.1 Å². The van der Waals surface area contributed by atoms with Crippen LogP contribution >= 0.6 is 0 Å². The number of hydrogen-bond donors (Lipinski definition) is 2. The lowest BCUT2D eigenvalue weighted by Crippen LogP contribution is -2.34. The molecule has 2 aromatic heterocycles. The van der Waals surface area contributed by atoms with E-state index in [0.29, 0.717) is 23.1 Å². The van der Waals surface area contributed by atoms with Crippen molar-refractivity contribution in [2.75, 3.05) is 30.8 Å². The minimum Gasteiger partial charge on any atom is -0.453 e. The van der Waals surface area contributed by atoms with E-state index in [-0.39, 0.29) is 11.4 Å². The summed E-state index contributed by atoms with van der Waals surface area (Å²) in [7, 11) is 1.30. The molecule has 0 bridgehead atoms. The number of nitrogens with one attached hydrogen (secondary N) is 2. The molecule has 1 unspecified atom stereocenters. The van der Waals surface area contributed by atoms with E-state index in [1.165, 1.54) is 7.11 Å². The van der Waals surface area contributed by atoms with Gasteiger partial charge in [0.1, 0.15) is 5.82 Å². The molecular formula is C27H32N6O3. The smallest absolute Gasteiger partial charge is 0.412 e. The SMILES string of the molecule is COC(=O)Nc1cc(-c2cnnc(-c3cc(NC(=O)N4CCC(C(C)(C)C)C4)ccc3C)c2)ccn1. The topological polar surface area (TPSA) is 109 Å². The minimum atomic E-state index is -0.592. The fourth-order valence-electron chi connectivity index (χ4n) is 4.32. The number of ether oxygens (including phenoxy) is 1. The number of aryl methyl sites for hydroxylation is 1. The van der Waals surface area contributed by atoms with Gasteiger partial charge in [-0.2, -0.15) is 10.2 Å². The lowest BCUT2D eigenvalue weighted by Gasteiger charge is -2.27. The molecular weight excluding hydrogens is 456 g/mol. The highest BCUT2D eigenvalue weighted by Gasteiger charge is 2.33. The zero-order valence-electron chi connectivity index (χ0n) is 21.3. The van der Waals surface area contributed by atoms with Crippen molar-refractivity contribution in [1.29, 1.82) is 0 Å². The Morgan fingerprint density at radius 2 is 1.89 bits per heavy atom. The summed E-state index contributed by atoms with van der Waals surface area (Å²) in [6, 6.07) is 11.2. The van der Waals surface area contributed by atoms with Crippen LogP contribution in [-0.4, -0.2) is 52.4 Å².